The van der Waals surface area contributed by atoms with Gasteiger partial charge in [-0.3, -0.25) is 0 Å². The van der Waals surface area contributed by atoms with E-state index in [0.717, 1.165) is 23.8 Å². The monoisotopic (exact) mass is 293 g/mol. The molecule has 0 amide bonds. The van der Waals surface area contributed by atoms with Crippen LogP contribution in [-0.4, -0.2) is 23.3 Å². The molecule has 0 aliphatic carbocycles. The number of nitrogens with one attached hydrogen (secondary N) is 1. The van der Waals surface area contributed by atoms with Crippen LogP contribution in [0.5, 0.6) is 0 Å². The van der Waals surface area contributed by atoms with Gasteiger partial charge in [-0.1, -0.05) is 30.3 Å². The largest absolute Gasteiger partial charge is 0.387 e. The van der Waals surface area contributed by atoms with Crippen LogP contribution in [0.3, 0.4) is 0 Å². The highest BCUT2D eigenvalue weighted by atomic mass is 19.1. The van der Waals surface area contributed by atoms with Crippen molar-refractivity contribution >= 4 is 0 Å². The topological polar surface area (TPSA) is 52.5 Å². The lowest BCUT2D eigenvalue weighted by Gasteiger charge is -2.16. The van der Waals surface area contributed by atoms with Crippen molar-refractivity contribution < 1.29 is 19.0 Å². The standard InChI is InChI=1S/C16H17F2NO2/c17-12-6-7-14(18)13(8-12)16(21)10-19-9-15(20)11-4-2-1-3-5-11/h1-8,15-16,19-21H,9-10H2. The third kappa shape index (κ3) is 4.32. The van der Waals surface area contributed by atoms with E-state index in [1.165, 1.54) is 0 Å². The molecule has 21 heavy (non-hydrogen) atoms. The summed E-state index contributed by atoms with van der Waals surface area (Å²) in [6.45, 7) is 0.224. The first kappa shape index (κ1) is 15.6. The average Bonchev–Trinajstić information content (AvgIpc) is 2.50. The predicted octanol–water partition coefficient (Wildman–Crippen LogP) is 2.32. The summed E-state index contributed by atoms with van der Waals surface area (Å²) in [5, 5.41) is 22.6. The van der Waals surface area contributed by atoms with Crippen molar-refractivity contribution in [2.75, 3.05) is 13.1 Å². The molecule has 0 aromatic heterocycles. The van der Waals surface area contributed by atoms with Gasteiger partial charge < -0.3 is 15.5 Å². The Hall–Kier alpha value is -1.82. The lowest BCUT2D eigenvalue weighted by Crippen LogP contribution is -2.26. The summed E-state index contributed by atoms with van der Waals surface area (Å²) in [6, 6.07) is 12.0. The van der Waals surface area contributed by atoms with Crippen LogP contribution in [0.1, 0.15) is 23.3 Å². The fourth-order valence-corrected chi connectivity index (χ4v) is 2.03. The molecule has 112 valence electrons. The lowest BCUT2D eigenvalue weighted by molar-refractivity contribution is 0.145. The first-order valence-electron chi connectivity index (χ1n) is 6.64. The van der Waals surface area contributed by atoms with Gasteiger partial charge >= 0.3 is 0 Å². The Bertz CT molecular complexity index is 578. The number of benzene rings is 2. The van der Waals surface area contributed by atoms with Crippen molar-refractivity contribution in [1.82, 2.24) is 5.32 Å². The van der Waals surface area contributed by atoms with Gasteiger partial charge in [-0.15, -0.1) is 0 Å². The van der Waals surface area contributed by atoms with Gasteiger partial charge in [0.25, 0.3) is 0 Å². The quantitative estimate of drug-likeness (QED) is 0.766. The van der Waals surface area contributed by atoms with Gasteiger partial charge in [0.15, 0.2) is 0 Å². The second-order valence-corrected chi connectivity index (χ2v) is 4.77. The van der Waals surface area contributed by atoms with Crippen molar-refractivity contribution in [3.63, 3.8) is 0 Å². The smallest absolute Gasteiger partial charge is 0.129 e. The van der Waals surface area contributed by atoms with Gasteiger partial charge in [0.05, 0.1) is 12.2 Å². The molecule has 2 rings (SSSR count). The van der Waals surface area contributed by atoms with Crippen molar-refractivity contribution in [2.24, 2.45) is 0 Å². The Morgan fingerprint density at radius 1 is 0.905 bits per heavy atom. The van der Waals surface area contributed by atoms with Crippen molar-refractivity contribution in [3.05, 3.63) is 71.3 Å². The second kappa shape index (κ2) is 7.26. The first-order valence-corrected chi connectivity index (χ1v) is 6.64. The van der Waals surface area contributed by atoms with Gasteiger partial charge in [0.1, 0.15) is 11.6 Å². The molecule has 2 aromatic carbocycles. The van der Waals surface area contributed by atoms with E-state index in [0.29, 0.717) is 0 Å². The molecule has 5 heteroatoms. The minimum Gasteiger partial charge on any atom is -0.387 e. The van der Waals surface area contributed by atoms with Crippen LogP contribution in [0, 0.1) is 11.6 Å². The SMILES string of the molecule is OC(CNCC(O)c1cc(F)ccc1F)c1ccccc1. The summed E-state index contributed by atoms with van der Waals surface area (Å²) in [5.74, 6) is -1.26. The molecule has 2 atom stereocenters. The zero-order chi connectivity index (χ0) is 15.2. The Morgan fingerprint density at radius 2 is 1.57 bits per heavy atom. The van der Waals surface area contributed by atoms with Gasteiger partial charge in [-0.25, -0.2) is 8.78 Å². The van der Waals surface area contributed by atoms with E-state index in [-0.39, 0.29) is 18.7 Å². The lowest BCUT2D eigenvalue weighted by atomic mass is 10.1. The Morgan fingerprint density at radius 3 is 2.29 bits per heavy atom. The normalized spacial score (nSPS) is 13.9. The molecule has 0 heterocycles. The van der Waals surface area contributed by atoms with Crippen LogP contribution in [0.2, 0.25) is 0 Å². The molecule has 0 bridgehead atoms. The van der Waals surface area contributed by atoms with Gasteiger partial charge in [-0.05, 0) is 23.8 Å². The minimum atomic E-state index is -1.18. The predicted molar refractivity (Wildman–Crippen MR) is 75.6 cm³/mol. The maximum absolute atomic E-state index is 13.5. The van der Waals surface area contributed by atoms with E-state index in [1.54, 1.807) is 12.1 Å². The first-order chi connectivity index (χ1) is 10.1. The Labute approximate surface area is 121 Å². The molecule has 2 unspecified atom stereocenters. The molecule has 3 N–H and O–H groups in total. The van der Waals surface area contributed by atoms with Crippen LogP contribution in [-0.2, 0) is 0 Å². The molecular formula is C16H17F2NO2. The summed E-state index contributed by atoms with van der Waals surface area (Å²) in [7, 11) is 0. The number of halogens is 2. The third-order valence-electron chi connectivity index (χ3n) is 3.18. The van der Waals surface area contributed by atoms with Crippen molar-refractivity contribution in [1.29, 1.82) is 0 Å². The average molecular weight is 293 g/mol. The Kier molecular flexibility index (Phi) is 5.38. The van der Waals surface area contributed by atoms with Gasteiger partial charge in [-0.2, -0.15) is 0 Å². The minimum absolute atomic E-state index is 0.0181. The summed E-state index contributed by atoms with van der Waals surface area (Å²) in [6.07, 6.45) is -1.90. The van der Waals surface area contributed by atoms with Gasteiger partial charge in [0, 0.05) is 18.7 Å². The van der Waals surface area contributed by atoms with E-state index in [4.69, 9.17) is 0 Å². The number of rotatable bonds is 6. The molecule has 0 saturated heterocycles. The third-order valence-corrected chi connectivity index (χ3v) is 3.18. The maximum atomic E-state index is 13.5. The maximum Gasteiger partial charge on any atom is 0.129 e. The summed E-state index contributed by atoms with van der Waals surface area (Å²) in [4.78, 5) is 0. The van der Waals surface area contributed by atoms with E-state index >= 15 is 0 Å². The molecule has 0 aliphatic heterocycles. The molecule has 0 saturated carbocycles. The van der Waals surface area contributed by atoms with E-state index in [9.17, 15) is 19.0 Å². The highest BCUT2D eigenvalue weighted by molar-refractivity contribution is 5.21. The summed E-state index contributed by atoms with van der Waals surface area (Å²) in [5.41, 5.74) is 0.646. The number of hydrogen-bond acceptors (Lipinski definition) is 3. The summed E-state index contributed by atoms with van der Waals surface area (Å²) < 4.78 is 26.5. The van der Waals surface area contributed by atoms with E-state index < -0.39 is 23.8 Å². The number of aliphatic hydroxyl groups is 2. The molecule has 3 nitrogen and oxygen atoms in total. The Balaban J connectivity index is 1.87. The van der Waals surface area contributed by atoms with Gasteiger partial charge in [0.2, 0.25) is 0 Å². The van der Waals surface area contributed by atoms with Crippen molar-refractivity contribution in [3.8, 4) is 0 Å². The number of hydrogen-bond donors (Lipinski definition) is 3. The molecule has 0 aliphatic rings. The second-order valence-electron chi connectivity index (χ2n) is 4.77. The van der Waals surface area contributed by atoms with Crippen LogP contribution in [0.25, 0.3) is 0 Å². The molecule has 2 aromatic rings. The highest BCUT2D eigenvalue weighted by Crippen LogP contribution is 2.18. The molecule has 0 fully saturated rings. The zero-order valence-corrected chi connectivity index (χ0v) is 11.3. The molecule has 0 spiro atoms. The van der Waals surface area contributed by atoms with Crippen LogP contribution in [0.4, 0.5) is 8.78 Å². The van der Waals surface area contributed by atoms with Crippen LogP contribution in [0.15, 0.2) is 48.5 Å². The number of aliphatic hydroxyl groups excluding tert-OH is 2. The highest BCUT2D eigenvalue weighted by Gasteiger charge is 2.14. The van der Waals surface area contributed by atoms with E-state index in [2.05, 4.69) is 5.32 Å². The molecule has 0 radical (unpaired) electrons. The zero-order valence-electron chi connectivity index (χ0n) is 11.3. The fraction of sp³-hybridized carbons (Fsp3) is 0.250. The van der Waals surface area contributed by atoms with Crippen molar-refractivity contribution in [2.45, 2.75) is 12.2 Å². The van der Waals surface area contributed by atoms with Crippen LogP contribution >= 0.6 is 0 Å². The molecular weight excluding hydrogens is 276 g/mol. The fourth-order valence-electron chi connectivity index (χ4n) is 2.03. The van der Waals surface area contributed by atoms with Crippen LogP contribution < -0.4 is 5.32 Å². The summed E-state index contributed by atoms with van der Waals surface area (Å²) >= 11 is 0. The van der Waals surface area contributed by atoms with E-state index in [1.807, 2.05) is 18.2 Å².